The summed E-state index contributed by atoms with van der Waals surface area (Å²) in [5, 5.41) is 4.14. The fraction of sp³-hybridized carbons (Fsp3) is 0. The Kier molecular flexibility index (Phi) is 7.38. The van der Waals surface area contributed by atoms with Gasteiger partial charge >= 0.3 is 0 Å². The summed E-state index contributed by atoms with van der Waals surface area (Å²) in [5.41, 5.74) is 13.1. The van der Waals surface area contributed by atoms with Gasteiger partial charge in [-0.05, 0) is 59.7 Å². The quantitative estimate of drug-likeness (QED) is 0.170. The monoisotopic (exact) mass is 718 g/mol. The molecule has 0 aliphatic heterocycles. The van der Waals surface area contributed by atoms with E-state index in [1.54, 1.807) is 12.4 Å². The van der Waals surface area contributed by atoms with Crippen molar-refractivity contribution in [2.45, 2.75) is 0 Å². The fourth-order valence-corrected chi connectivity index (χ4v) is 7.81. The topological polar surface area (TPSA) is 77.8 Å². The summed E-state index contributed by atoms with van der Waals surface area (Å²) >= 11 is 0. The summed E-state index contributed by atoms with van der Waals surface area (Å²) in [6.07, 6.45) is 3.58. The van der Waals surface area contributed by atoms with Crippen LogP contribution >= 0.6 is 0 Å². The van der Waals surface area contributed by atoms with Gasteiger partial charge in [-0.2, -0.15) is 0 Å². The van der Waals surface area contributed by atoms with Crippen molar-refractivity contribution >= 4 is 43.8 Å². The van der Waals surface area contributed by atoms with Crippen LogP contribution in [0.2, 0.25) is 0 Å². The van der Waals surface area contributed by atoms with E-state index in [4.69, 9.17) is 18.8 Å². The molecule has 6 nitrogen and oxygen atoms in total. The lowest BCUT2D eigenvalue weighted by Crippen LogP contribution is -1.94. The highest BCUT2D eigenvalue weighted by Gasteiger charge is 2.26. The third-order valence-electron chi connectivity index (χ3n) is 10.4. The second-order valence-corrected chi connectivity index (χ2v) is 13.8. The number of nitrogens with zero attached hydrogens (tertiary/aromatic N) is 4. The van der Waals surface area contributed by atoms with E-state index >= 15 is 0 Å². The predicted octanol–water partition coefficient (Wildman–Crippen LogP) is 13.1. The summed E-state index contributed by atoms with van der Waals surface area (Å²) in [6, 6.07) is 57.6. The zero-order valence-electron chi connectivity index (χ0n) is 29.9. The number of furan rings is 2. The molecule has 0 aliphatic carbocycles. The molecule has 262 valence electrons. The first-order valence-corrected chi connectivity index (χ1v) is 18.5. The molecule has 0 saturated heterocycles. The lowest BCUT2D eigenvalue weighted by atomic mass is 9.93. The minimum absolute atomic E-state index is 0.728. The second kappa shape index (κ2) is 13.0. The third kappa shape index (κ3) is 5.27. The summed E-state index contributed by atoms with van der Waals surface area (Å²) < 4.78 is 13.8. The van der Waals surface area contributed by atoms with Crippen molar-refractivity contribution in [1.82, 2.24) is 19.9 Å². The van der Waals surface area contributed by atoms with Crippen LogP contribution in [-0.4, -0.2) is 19.9 Å². The van der Waals surface area contributed by atoms with Crippen LogP contribution in [0, 0.1) is 0 Å². The lowest BCUT2D eigenvalue weighted by Gasteiger charge is -2.10. The van der Waals surface area contributed by atoms with Crippen LogP contribution in [0.4, 0.5) is 0 Å². The van der Waals surface area contributed by atoms with Crippen molar-refractivity contribution < 1.29 is 8.83 Å². The van der Waals surface area contributed by atoms with E-state index in [1.165, 1.54) is 0 Å². The van der Waals surface area contributed by atoms with Gasteiger partial charge < -0.3 is 8.83 Å². The first-order valence-electron chi connectivity index (χ1n) is 18.5. The Bertz CT molecular complexity index is 3170. The molecule has 6 heteroatoms. The Morgan fingerprint density at radius 2 is 1.04 bits per heavy atom. The average Bonchev–Trinajstić information content (AvgIpc) is 3.87. The van der Waals surface area contributed by atoms with E-state index in [2.05, 4.69) is 107 Å². The van der Waals surface area contributed by atoms with Gasteiger partial charge in [0.1, 0.15) is 22.6 Å². The number of fused-ring (bicyclic) bond motifs is 6. The molecule has 0 N–H and O–H groups in total. The molecule has 11 aromatic rings. The molecule has 5 aromatic carbocycles. The molecule has 11 rings (SSSR count). The van der Waals surface area contributed by atoms with Crippen molar-refractivity contribution in [2.24, 2.45) is 0 Å². The average molecular weight is 719 g/mol. The number of pyridine rings is 4. The zero-order valence-corrected chi connectivity index (χ0v) is 29.9. The molecule has 0 fully saturated rings. The number of para-hydroxylation sites is 3. The maximum atomic E-state index is 7.13. The van der Waals surface area contributed by atoms with Crippen LogP contribution in [-0.2, 0) is 0 Å². The predicted molar refractivity (Wildman–Crippen MR) is 225 cm³/mol. The highest BCUT2D eigenvalue weighted by atomic mass is 16.3. The van der Waals surface area contributed by atoms with Gasteiger partial charge in [-0.15, -0.1) is 0 Å². The number of aromatic nitrogens is 4. The molecule has 0 radical (unpaired) electrons. The van der Waals surface area contributed by atoms with E-state index < -0.39 is 0 Å². The maximum Gasteiger partial charge on any atom is 0.162 e. The van der Waals surface area contributed by atoms with Crippen LogP contribution in [0.15, 0.2) is 191 Å². The van der Waals surface area contributed by atoms with Gasteiger partial charge in [0, 0.05) is 56.2 Å². The van der Waals surface area contributed by atoms with Gasteiger partial charge in [0.15, 0.2) is 5.58 Å². The van der Waals surface area contributed by atoms with E-state index in [-0.39, 0.29) is 0 Å². The third-order valence-corrected chi connectivity index (χ3v) is 10.4. The van der Waals surface area contributed by atoms with Crippen molar-refractivity contribution in [3.05, 3.63) is 182 Å². The summed E-state index contributed by atoms with van der Waals surface area (Å²) in [4.78, 5) is 19.4. The molecule has 56 heavy (non-hydrogen) atoms. The number of rotatable bonds is 6. The maximum absolute atomic E-state index is 7.13. The Morgan fingerprint density at radius 1 is 0.393 bits per heavy atom. The molecule has 0 bridgehead atoms. The summed E-state index contributed by atoms with van der Waals surface area (Å²) in [7, 11) is 0. The SMILES string of the molecule is c1ccc(-c2nc3ccccc3c3c(-c4cccc5c4oc4ccccc45)c(-c4ccc(-c5cc(-c6ccccn6)nc(-c6ccccn6)c5)cc4)oc23)cc1. The lowest BCUT2D eigenvalue weighted by molar-refractivity contribution is 0.632. The van der Waals surface area contributed by atoms with Crippen LogP contribution in [0.3, 0.4) is 0 Å². The highest BCUT2D eigenvalue weighted by Crippen LogP contribution is 2.49. The minimum atomic E-state index is 0.728. The van der Waals surface area contributed by atoms with Crippen molar-refractivity contribution in [1.29, 1.82) is 0 Å². The van der Waals surface area contributed by atoms with Gasteiger partial charge in [0.05, 0.1) is 28.3 Å². The van der Waals surface area contributed by atoms with Crippen LogP contribution < -0.4 is 0 Å². The molecule has 6 aromatic heterocycles. The fourth-order valence-electron chi connectivity index (χ4n) is 7.81. The molecule has 0 amide bonds. The number of hydrogen-bond acceptors (Lipinski definition) is 6. The molecular weight excluding hydrogens is 689 g/mol. The number of hydrogen-bond donors (Lipinski definition) is 0. The van der Waals surface area contributed by atoms with Gasteiger partial charge in [0.2, 0.25) is 0 Å². The van der Waals surface area contributed by atoms with Gasteiger partial charge in [-0.3, -0.25) is 9.97 Å². The zero-order chi connectivity index (χ0) is 37.0. The van der Waals surface area contributed by atoms with E-state index in [9.17, 15) is 0 Å². The van der Waals surface area contributed by atoms with E-state index in [0.29, 0.717) is 0 Å². The molecule has 0 aliphatic rings. The van der Waals surface area contributed by atoms with Gasteiger partial charge in [-0.25, -0.2) is 9.97 Å². The minimum Gasteiger partial charge on any atom is -0.455 e. The van der Waals surface area contributed by atoms with Crippen molar-refractivity contribution in [2.75, 3.05) is 0 Å². The van der Waals surface area contributed by atoms with Crippen LogP contribution in [0.1, 0.15) is 0 Å². The first kappa shape index (κ1) is 31.8. The Hall–Kier alpha value is -7.70. The van der Waals surface area contributed by atoms with Gasteiger partial charge in [-0.1, -0.05) is 121 Å². The summed E-state index contributed by atoms with van der Waals surface area (Å²) in [6.45, 7) is 0. The highest BCUT2D eigenvalue weighted by molar-refractivity contribution is 6.21. The Balaban J connectivity index is 1.16. The molecule has 0 unspecified atom stereocenters. The first-order chi connectivity index (χ1) is 27.8. The molecular formula is C50H30N4O2. The second-order valence-electron chi connectivity index (χ2n) is 13.8. The standard InChI is InChI=1S/C50H30N4O2/c1-2-13-32(14-3-1)47-50-45(37-16-4-6-19-39(37)54-47)46(38-18-12-17-36-35-15-5-7-22-44(35)55-49(36)38)48(56-50)33-25-23-31(24-26-33)34-29-42(40-20-8-10-27-51-40)53-43(30-34)41-21-9-11-28-52-41/h1-30H. The van der Waals surface area contributed by atoms with E-state index in [1.807, 2.05) is 72.8 Å². The van der Waals surface area contributed by atoms with Gasteiger partial charge in [0.25, 0.3) is 0 Å². The summed E-state index contributed by atoms with van der Waals surface area (Å²) in [5.74, 6) is 0.743. The van der Waals surface area contributed by atoms with Crippen molar-refractivity contribution in [3.63, 3.8) is 0 Å². The Labute approximate surface area is 321 Å². The van der Waals surface area contributed by atoms with Crippen LogP contribution in [0.5, 0.6) is 0 Å². The smallest absolute Gasteiger partial charge is 0.162 e. The number of benzene rings is 5. The molecule has 0 atom stereocenters. The van der Waals surface area contributed by atoms with E-state index in [0.717, 1.165) is 111 Å². The van der Waals surface area contributed by atoms with Crippen molar-refractivity contribution in [3.8, 4) is 67.6 Å². The molecule has 6 heterocycles. The van der Waals surface area contributed by atoms with Crippen LogP contribution in [0.25, 0.3) is 111 Å². The largest absolute Gasteiger partial charge is 0.455 e. The normalized spacial score (nSPS) is 11.6. The molecule has 0 saturated carbocycles. The molecule has 0 spiro atoms. The Morgan fingerprint density at radius 3 is 1.77 bits per heavy atom.